The molecule has 3 aliphatic rings. The molecule has 0 radical (unpaired) electrons. The van der Waals surface area contributed by atoms with Gasteiger partial charge in [0, 0.05) is 24.4 Å². The summed E-state index contributed by atoms with van der Waals surface area (Å²) >= 11 is 1.51. The van der Waals surface area contributed by atoms with E-state index in [1.54, 1.807) is 27.1 Å². The Kier molecular flexibility index (Phi) is 9.18. The molecule has 0 bridgehead atoms. The minimum atomic E-state index is -4.14. The van der Waals surface area contributed by atoms with E-state index in [2.05, 4.69) is 14.6 Å². The van der Waals surface area contributed by atoms with Crippen molar-refractivity contribution in [3.8, 4) is 0 Å². The second-order valence-corrected chi connectivity index (χ2v) is 14.2. The van der Waals surface area contributed by atoms with Gasteiger partial charge in [0.05, 0.1) is 11.8 Å². The highest BCUT2D eigenvalue weighted by molar-refractivity contribution is 8.01. The molecule has 0 aromatic heterocycles. The first-order valence-electron chi connectivity index (χ1n) is 12.4. The van der Waals surface area contributed by atoms with E-state index in [1.165, 1.54) is 16.7 Å². The Morgan fingerprint density at radius 1 is 1.24 bits per heavy atom. The molecule has 1 amide bonds. The monoisotopic (exact) mass is 562 g/mol. The molecule has 0 saturated carbocycles. The van der Waals surface area contributed by atoms with E-state index in [1.807, 2.05) is 13.8 Å². The van der Waals surface area contributed by atoms with Crippen LogP contribution in [0, 0.1) is 11.3 Å². The number of esters is 2. The first-order chi connectivity index (χ1) is 17.1. The lowest BCUT2D eigenvalue weighted by atomic mass is 9.92. The van der Waals surface area contributed by atoms with Crippen LogP contribution in [-0.2, 0) is 34.2 Å². The molecule has 0 unspecified atom stereocenters. The van der Waals surface area contributed by atoms with Gasteiger partial charge in [-0.05, 0) is 66.2 Å². The third-order valence-corrected chi connectivity index (χ3v) is 8.88. The predicted octanol–water partition coefficient (Wildman–Crippen LogP) is 1.42. The Labute approximate surface area is 222 Å². The zero-order valence-electron chi connectivity index (χ0n) is 22.0. The average molecular weight is 563 g/mol. The smallest absolute Gasteiger partial charge is 0.333 e. The number of carbonyl (C=O) groups is 3. The van der Waals surface area contributed by atoms with Gasteiger partial charge in [0.2, 0.25) is 6.79 Å². The van der Waals surface area contributed by atoms with Crippen molar-refractivity contribution in [2.45, 2.75) is 82.5 Å². The number of carbonyl (C=O) groups excluding carboxylic acids is 3. The van der Waals surface area contributed by atoms with Crippen molar-refractivity contribution in [1.82, 2.24) is 14.5 Å². The maximum absolute atomic E-state index is 12.9. The molecule has 14 heteroatoms. The van der Waals surface area contributed by atoms with E-state index < -0.39 is 51.3 Å². The van der Waals surface area contributed by atoms with E-state index in [0.717, 1.165) is 32.4 Å². The van der Waals surface area contributed by atoms with Gasteiger partial charge in [0.1, 0.15) is 11.4 Å². The second kappa shape index (κ2) is 11.5. The number of hydrogen-bond donors (Lipinski definition) is 2. The molecule has 12 nitrogen and oxygen atoms in total. The zero-order valence-corrected chi connectivity index (χ0v) is 23.6. The quantitative estimate of drug-likeness (QED) is 0.0760. The molecule has 210 valence electrons. The number of piperidine rings is 1. The molecule has 2 N–H and O–H groups in total. The number of thioether (sulfide) groups is 1. The summed E-state index contributed by atoms with van der Waals surface area (Å²) in [7, 11) is -4.14. The number of nitrogens with one attached hydrogen (secondary N) is 1. The third kappa shape index (κ3) is 7.58. The topological polar surface area (TPSA) is 155 Å². The van der Waals surface area contributed by atoms with Gasteiger partial charge in [-0.15, -0.1) is 11.8 Å². The van der Waals surface area contributed by atoms with Crippen molar-refractivity contribution in [2.75, 3.05) is 26.4 Å². The molecule has 0 spiro atoms. The number of fused-ring (bicyclic) bond motifs is 1. The van der Waals surface area contributed by atoms with E-state index in [-0.39, 0.29) is 17.8 Å². The fourth-order valence-corrected chi connectivity index (χ4v) is 6.68. The van der Waals surface area contributed by atoms with Crippen LogP contribution in [0.15, 0.2) is 4.99 Å². The Morgan fingerprint density at radius 3 is 2.49 bits per heavy atom. The van der Waals surface area contributed by atoms with Gasteiger partial charge in [-0.1, -0.05) is 0 Å². The molecule has 3 atom stereocenters. The highest BCUT2D eigenvalue weighted by atomic mass is 32.2. The third-order valence-electron chi connectivity index (χ3n) is 6.75. The Bertz CT molecular complexity index is 1000. The maximum atomic E-state index is 12.9. The van der Waals surface area contributed by atoms with Crippen molar-refractivity contribution < 1.29 is 36.8 Å². The van der Waals surface area contributed by atoms with E-state index >= 15 is 0 Å². The molecule has 0 aliphatic carbocycles. The van der Waals surface area contributed by atoms with Crippen LogP contribution in [0.3, 0.4) is 0 Å². The molecule has 0 aromatic carbocycles. The number of amides is 1. The minimum absolute atomic E-state index is 0.215. The standard InChI is InChI=1S/C23H38N4O8S2/c1-22(2,3)21(30)35-14-34-20(29)17-23(4,5)36-19-16(18(28)27(17)19)24-13-26-11-8-15(9-12-26)7-6-10-25-37(31,32)33/h13,15-17,19,25H,6-12,14H2,1-5H3,(H,31,32,33)/t16-,17+,19-/m1/s1. The molecule has 3 fully saturated rings. The number of ether oxygens (including phenoxy) is 2. The summed E-state index contributed by atoms with van der Waals surface area (Å²) < 4.78 is 41.9. The van der Waals surface area contributed by atoms with Gasteiger partial charge in [0.25, 0.3) is 5.91 Å². The van der Waals surface area contributed by atoms with Gasteiger partial charge in [-0.25, -0.2) is 4.79 Å². The van der Waals surface area contributed by atoms with E-state index in [4.69, 9.17) is 14.0 Å². The summed E-state index contributed by atoms with van der Waals surface area (Å²) in [4.78, 5) is 45.8. The normalized spacial score (nSPS) is 26.2. The summed E-state index contributed by atoms with van der Waals surface area (Å²) in [6.45, 7) is 10.2. The molecular weight excluding hydrogens is 524 g/mol. The fourth-order valence-electron chi connectivity index (χ4n) is 4.66. The lowest BCUT2D eigenvalue weighted by molar-refractivity contribution is -0.179. The second-order valence-electron chi connectivity index (χ2n) is 11.2. The van der Waals surface area contributed by atoms with E-state index in [9.17, 15) is 22.8 Å². The molecule has 37 heavy (non-hydrogen) atoms. The molecule has 3 aliphatic heterocycles. The number of hydrogen-bond acceptors (Lipinski definition) is 9. The highest BCUT2D eigenvalue weighted by Gasteiger charge is 2.64. The molecular formula is C23H38N4O8S2. The van der Waals surface area contributed by atoms with E-state index in [0.29, 0.717) is 12.3 Å². The van der Waals surface area contributed by atoms with Crippen LogP contribution in [0.4, 0.5) is 0 Å². The summed E-state index contributed by atoms with van der Waals surface area (Å²) in [6, 6.07) is -1.36. The number of β-lactam (4-membered cyclic amide) rings is 1. The Balaban J connectivity index is 1.45. The summed E-state index contributed by atoms with van der Waals surface area (Å²) in [5.74, 6) is -0.847. The van der Waals surface area contributed by atoms with Crippen LogP contribution in [0.1, 0.15) is 60.3 Å². The molecule has 3 saturated heterocycles. The first-order valence-corrected chi connectivity index (χ1v) is 14.8. The van der Waals surface area contributed by atoms with Crippen molar-refractivity contribution in [3.63, 3.8) is 0 Å². The zero-order chi connectivity index (χ0) is 27.6. The maximum Gasteiger partial charge on any atom is 0.333 e. The van der Waals surface area contributed by atoms with Gasteiger partial charge < -0.3 is 19.3 Å². The van der Waals surface area contributed by atoms with Crippen LogP contribution >= 0.6 is 11.8 Å². The Morgan fingerprint density at radius 2 is 1.89 bits per heavy atom. The summed E-state index contributed by atoms with van der Waals surface area (Å²) in [6.07, 6.45) is 5.11. The summed E-state index contributed by atoms with van der Waals surface area (Å²) in [5.41, 5.74) is -0.711. The predicted molar refractivity (Wildman–Crippen MR) is 138 cm³/mol. The SMILES string of the molecule is CC(C)(C)C(=O)OCOC(=O)[C@@H]1N2C(=O)[C@@H](N=CN3CCC(CCCNS(=O)(=O)O)CC3)[C@H]2SC1(C)C. The van der Waals surface area contributed by atoms with Gasteiger partial charge >= 0.3 is 22.2 Å². The van der Waals surface area contributed by atoms with Crippen molar-refractivity contribution >= 4 is 46.3 Å². The minimum Gasteiger partial charge on any atom is -0.427 e. The van der Waals surface area contributed by atoms with Gasteiger partial charge in [0.15, 0.2) is 6.04 Å². The number of nitrogens with zero attached hydrogens (tertiary/aromatic N) is 3. The van der Waals surface area contributed by atoms with Gasteiger partial charge in [-0.2, -0.15) is 13.1 Å². The fraction of sp³-hybridized carbons (Fsp3) is 0.826. The van der Waals surface area contributed by atoms with Crippen molar-refractivity contribution in [2.24, 2.45) is 16.3 Å². The average Bonchev–Trinajstić information content (AvgIpc) is 3.04. The van der Waals surface area contributed by atoms with Crippen LogP contribution in [0.25, 0.3) is 0 Å². The van der Waals surface area contributed by atoms with Crippen LogP contribution in [0.2, 0.25) is 0 Å². The van der Waals surface area contributed by atoms with Crippen LogP contribution < -0.4 is 4.72 Å². The number of aliphatic imine (C=N–C) groups is 1. The molecule has 3 rings (SSSR count). The number of likely N-dealkylation sites (tertiary alicyclic amines) is 1. The largest absolute Gasteiger partial charge is 0.427 e. The lowest BCUT2D eigenvalue weighted by Gasteiger charge is -2.42. The Hall–Kier alpha value is -1.90. The molecule has 3 heterocycles. The first kappa shape index (κ1) is 29.7. The molecule has 0 aromatic rings. The van der Waals surface area contributed by atoms with Crippen LogP contribution in [0.5, 0.6) is 0 Å². The van der Waals surface area contributed by atoms with Crippen molar-refractivity contribution in [3.05, 3.63) is 0 Å². The number of rotatable bonds is 10. The summed E-state index contributed by atoms with van der Waals surface area (Å²) in [5, 5.41) is -0.263. The van der Waals surface area contributed by atoms with Crippen LogP contribution in [-0.4, -0.2) is 95.6 Å². The van der Waals surface area contributed by atoms with Gasteiger partial charge in [-0.3, -0.25) is 19.1 Å². The highest BCUT2D eigenvalue weighted by Crippen LogP contribution is 2.51. The van der Waals surface area contributed by atoms with Crippen molar-refractivity contribution in [1.29, 1.82) is 0 Å². The lowest BCUT2D eigenvalue weighted by Crippen LogP contribution is -2.65.